The summed E-state index contributed by atoms with van der Waals surface area (Å²) < 4.78 is 0. The van der Waals surface area contributed by atoms with Gasteiger partial charge in [0, 0.05) is 41.9 Å². The first-order valence-electron chi connectivity index (χ1n) is 8.78. The highest BCUT2D eigenvalue weighted by Crippen LogP contribution is 2.32. The van der Waals surface area contributed by atoms with Crippen molar-refractivity contribution in [3.63, 3.8) is 0 Å². The van der Waals surface area contributed by atoms with Crippen molar-refractivity contribution in [2.24, 2.45) is 5.92 Å². The first kappa shape index (κ1) is 19.9. The second kappa shape index (κ2) is 9.34. The smallest absolute Gasteiger partial charge is 0.136 e. The Morgan fingerprint density at radius 2 is 1.76 bits per heavy atom. The average molecular weight is 379 g/mol. The highest BCUT2D eigenvalue weighted by atomic mass is 32.1. The summed E-state index contributed by atoms with van der Waals surface area (Å²) >= 11 is 3.21. The summed E-state index contributed by atoms with van der Waals surface area (Å²) in [6, 6.07) is 0. The zero-order valence-corrected chi connectivity index (χ0v) is 17.0. The molecule has 2 atom stereocenters. The molecule has 4 nitrogen and oxygen atoms in total. The Morgan fingerprint density at radius 3 is 2.32 bits per heavy atom. The van der Waals surface area contributed by atoms with Gasteiger partial charge in [0.2, 0.25) is 0 Å². The molecule has 0 aliphatic heterocycles. The highest BCUT2D eigenvalue weighted by molar-refractivity contribution is 7.09. The van der Waals surface area contributed by atoms with Gasteiger partial charge in [-0.25, -0.2) is 9.97 Å². The zero-order valence-electron chi connectivity index (χ0n) is 15.4. The fourth-order valence-electron chi connectivity index (χ4n) is 2.92. The van der Waals surface area contributed by atoms with Crippen molar-refractivity contribution in [1.29, 1.82) is 0 Å². The lowest BCUT2D eigenvalue weighted by molar-refractivity contribution is -0.124. The molecule has 2 aromatic rings. The molecule has 6 heteroatoms. The van der Waals surface area contributed by atoms with Crippen molar-refractivity contribution in [2.75, 3.05) is 0 Å². The van der Waals surface area contributed by atoms with Crippen molar-refractivity contribution in [3.05, 3.63) is 32.2 Å². The van der Waals surface area contributed by atoms with Crippen LogP contribution in [0.5, 0.6) is 0 Å². The summed E-state index contributed by atoms with van der Waals surface area (Å²) in [5.74, 6) is 0.357. The van der Waals surface area contributed by atoms with Gasteiger partial charge in [0.1, 0.15) is 11.6 Å². The number of ketones is 2. The van der Waals surface area contributed by atoms with E-state index in [0.29, 0.717) is 32.1 Å². The molecule has 0 saturated carbocycles. The summed E-state index contributed by atoms with van der Waals surface area (Å²) in [7, 11) is 0. The van der Waals surface area contributed by atoms with E-state index in [9.17, 15) is 9.59 Å². The van der Waals surface area contributed by atoms with Gasteiger partial charge in [-0.2, -0.15) is 0 Å². The first-order chi connectivity index (χ1) is 11.9. The maximum atomic E-state index is 12.7. The van der Waals surface area contributed by atoms with Crippen molar-refractivity contribution in [2.45, 2.75) is 65.7 Å². The van der Waals surface area contributed by atoms with Crippen LogP contribution >= 0.6 is 22.7 Å². The van der Waals surface area contributed by atoms with Gasteiger partial charge in [-0.1, -0.05) is 13.8 Å². The largest absolute Gasteiger partial charge is 0.300 e. The Morgan fingerprint density at radius 1 is 1.08 bits per heavy atom. The van der Waals surface area contributed by atoms with Crippen LogP contribution in [0.2, 0.25) is 0 Å². The molecule has 0 amide bonds. The standard InChI is InChI=1S/C19H26N2O2S2/c1-5-16(22)7-8-17(18-11-25-14(4)21-18)12(2)19(23)9-6-15-10-24-13(3)20-15/h10-12,17H,5-9H2,1-4H3. The monoisotopic (exact) mass is 378 g/mol. The predicted octanol–water partition coefficient (Wildman–Crippen LogP) is 4.90. The molecule has 0 spiro atoms. The quantitative estimate of drug-likeness (QED) is 0.590. The molecule has 136 valence electrons. The van der Waals surface area contributed by atoms with Gasteiger partial charge in [-0.05, 0) is 26.7 Å². The van der Waals surface area contributed by atoms with Gasteiger partial charge in [0.15, 0.2) is 0 Å². The number of rotatable bonds is 10. The maximum Gasteiger partial charge on any atom is 0.136 e. The normalized spacial score (nSPS) is 13.6. The van der Waals surface area contributed by atoms with Gasteiger partial charge in [0.05, 0.1) is 21.4 Å². The number of hydrogen-bond donors (Lipinski definition) is 0. The topological polar surface area (TPSA) is 59.9 Å². The third-order valence-corrected chi connectivity index (χ3v) is 6.16. The van der Waals surface area contributed by atoms with E-state index in [1.54, 1.807) is 22.7 Å². The number of hydrogen-bond acceptors (Lipinski definition) is 6. The second-order valence-electron chi connectivity index (χ2n) is 6.44. The Hall–Kier alpha value is -1.40. The van der Waals surface area contributed by atoms with Crippen LogP contribution in [0, 0.1) is 19.8 Å². The molecule has 0 aromatic carbocycles. The summed E-state index contributed by atoms with van der Waals surface area (Å²) in [6.45, 7) is 7.81. The summed E-state index contributed by atoms with van der Waals surface area (Å²) in [6.07, 6.45) is 2.93. The van der Waals surface area contributed by atoms with Crippen LogP contribution in [-0.4, -0.2) is 21.5 Å². The van der Waals surface area contributed by atoms with E-state index in [4.69, 9.17) is 0 Å². The number of carbonyl (C=O) groups excluding carboxylic acids is 2. The number of nitrogens with zero attached hydrogens (tertiary/aromatic N) is 2. The molecule has 0 fully saturated rings. The zero-order chi connectivity index (χ0) is 18.4. The molecular formula is C19H26N2O2S2. The molecule has 2 heterocycles. The van der Waals surface area contributed by atoms with Crippen molar-refractivity contribution < 1.29 is 9.59 Å². The molecule has 0 saturated heterocycles. The minimum Gasteiger partial charge on any atom is -0.300 e. The van der Waals surface area contributed by atoms with Gasteiger partial charge in [0.25, 0.3) is 0 Å². The third-order valence-electron chi connectivity index (χ3n) is 4.55. The van der Waals surface area contributed by atoms with E-state index in [1.165, 1.54) is 0 Å². The fourth-order valence-corrected chi connectivity index (χ4v) is 4.25. The molecule has 0 bridgehead atoms. The molecule has 0 N–H and O–H groups in total. The van der Waals surface area contributed by atoms with Gasteiger partial charge in [-0.3, -0.25) is 9.59 Å². The maximum absolute atomic E-state index is 12.7. The molecule has 25 heavy (non-hydrogen) atoms. The third kappa shape index (κ3) is 5.82. The number of Topliss-reactive ketones (excluding diaryl/α,β-unsaturated/α-hetero) is 2. The van der Waals surface area contributed by atoms with E-state index in [-0.39, 0.29) is 23.4 Å². The van der Waals surface area contributed by atoms with E-state index < -0.39 is 0 Å². The van der Waals surface area contributed by atoms with Crippen LogP contribution in [0.4, 0.5) is 0 Å². The second-order valence-corrected chi connectivity index (χ2v) is 8.57. The molecule has 0 aliphatic rings. The predicted molar refractivity (Wildman–Crippen MR) is 103 cm³/mol. The molecule has 2 unspecified atom stereocenters. The minimum absolute atomic E-state index is 0.0186. The lowest BCUT2D eigenvalue weighted by Gasteiger charge is -2.21. The fraction of sp³-hybridized carbons (Fsp3) is 0.579. The number of thiazole rings is 2. The van der Waals surface area contributed by atoms with Gasteiger partial charge < -0.3 is 0 Å². The Kier molecular flexibility index (Phi) is 7.44. The molecule has 0 aliphatic carbocycles. The van der Waals surface area contributed by atoms with E-state index in [0.717, 1.165) is 21.4 Å². The van der Waals surface area contributed by atoms with Crippen LogP contribution in [0.25, 0.3) is 0 Å². The molecule has 2 aromatic heterocycles. The minimum atomic E-state index is -0.133. The Bertz CT molecular complexity index is 721. The molecular weight excluding hydrogens is 352 g/mol. The van der Waals surface area contributed by atoms with Crippen LogP contribution in [-0.2, 0) is 16.0 Å². The van der Waals surface area contributed by atoms with E-state index in [1.807, 2.05) is 38.5 Å². The summed E-state index contributed by atoms with van der Waals surface area (Å²) in [5.41, 5.74) is 1.95. The van der Waals surface area contributed by atoms with Crippen LogP contribution in [0.3, 0.4) is 0 Å². The lowest BCUT2D eigenvalue weighted by Crippen LogP contribution is -2.21. The number of aryl methyl sites for hydroxylation is 3. The molecule has 0 radical (unpaired) electrons. The molecule has 2 rings (SSSR count). The van der Waals surface area contributed by atoms with Crippen molar-refractivity contribution in [3.8, 4) is 0 Å². The van der Waals surface area contributed by atoms with Crippen molar-refractivity contribution >= 4 is 34.2 Å². The average Bonchev–Trinajstić information content (AvgIpc) is 3.20. The van der Waals surface area contributed by atoms with Gasteiger partial charge >= 0.3 is 0 Å². The SMILES string of the molecule is CCC(=O)CCC(c1csc(C)n1)C(C)C(=O)CCc1csc(C)n1. The van der Waals surface area contributed by atoms with E-state index >= 15 is 0 Å². The van der Waals surface area contributed by atoms with E-state index in [2.05, 4.69) is 9.97 Å². The van der Waals surface area contributed by atoms with Gasteiger partial charge in [-0.15, -0.1) is 22.7 Å². The Labute approximate surface area is 157 Å². The lowest BCUT2D eigenvalue weighted by atomic mass is 9.82. The Balaban J connectivity index is 2.03. The summed E-state index contributed by atoms with van der Waals surface area (Å²) in [5, 5.41) is 6.09. The van der Waals surface area contributed by atoms with Crippen LogP contribution in [0.15, 0.2) is 10.8 Å². The van der Waals surface area contributed by atoms with Crippen molar-refractivity contribution in [1.82, 2.24) is 9.97 Å². The van der Waals surface area contributed by atoms with Crippen LogP contribution in [0.1, 0.15) is 66.9 Å². The highest BCUT2D eigenvalue weighted by Gasteiger charge is 2.27. The summed E-state index contributed by atoms with van der Waals surface area (Å²) in [4.78, 5) is 33.5. The number of aromatic nitrogens is 2. The number of carbonyl (C=O) groups is 2. The first-order valence-corrected chi connectivity index (χ1v) is 10.5. The van der Waals surface area contributed by atoms with Crippen LogP contribution < -0.4 is 0 Å².